The standard InChI is InChI=1S/C11H19N3O2/c1-8(15-2)9-13-10(16-14-9)11(12)6-4-3-5-7-11/h8H,3-7,12H2,1-2H3. The minimum absolute atomic E-state index is 0.148. The predicted octanol–water partition coefficient (Wildman–Crippen LogP) is 1.90. The van der Waals surface area contributed by atoms with E-state index in [0.717, 1.165) is 25.7 Å². The number of hydrogen-bond donors (Lipinski definition) is 1. The molecule has 1 aromatic heterocycles. The zero-order valence-corrected chi connectivity index (χ0v) is 9.90. The summed E-state index contributed by atoms with van der Waals surface area (Å²) in [5.41, 5.74) is 5.88. The molecule has 1 aliphatic carbocycles. The van der Waals surface area contributed by atoms with Gasteiger partial charge in [0.05, 0.1) is 5.54 Å². The van der Waals surface area contributed by atoms with Crippen LogP contribution in [-0.4, -0.2) is 17.3 Å². The SMILES string of the molecule is COC(C)c1noc(C2(N)CCCCC2)n1. The molecule has 2 rings (SSSR count). The van der Waals surface area contributed by atoms with Crippen LogP contribution in [0.5, 0.6) is 0 Å². The molecule has 1 aromatic rings. The van der Waals surface area contributed by atoms with Crippen LogP contribution in [-0.2, 0) is 10.3 Å². The summed E-state index contributed by atoms with van der Waals surface area (Å²) >= 11 is 0. The molecule has 1 aliphatic rings. The minimum atomic E-state index is -0.420. The van der Waals surface area contributed by atoms with Crippen LogP contribution in [0.1, 0.15) is 56.8 Å². The Morgan fingerprint density at radius 1 is 1.38 bits per heavy atom. The number of aromatic nitrogens is 2. The van der Waals surface area contributed by atoms with E-state index < -0.39 is 5.54 Å². The Labute approximate surface area is 95.3 Å². The Hall–Kier alpha value is -0.940. The molecule has 2 N–H and O–H groups in total. The van der Waals surface area contributed by atoms with Crippen LogP contribution in [0.25, 0.3) is 0 Å². The fraction of sp³-hybridized carbons (Fsp3) is 0.818. The van der Waals surface area contributed by atoms with Crippen molar-refractivity contribution in [1.82, 2.24) is 10.1 Å². The molecule has 5 nitrogen and oxygen atoms in total. The summed E-state index contributed by atoms with van der Waals surface area (Å²) < 4.78 is 10.4. The van der Waals surface area contributed by atoms with Crippen molar-refractivity contribution in [1.29, 1.82) is 0 Å². The lowest BCUT2D eigenvalue weighted by Gasteiger charge is -2.29. The maximum absolute atomic E-state index is 6.30. The smallest absolute Gasteiger partial charge is 0.246 e. The molecule has 1 saturated carbocycles. The summed E-state index contributed by atoms with van der Waals surface area (Å²) in [5.74, 6) is 1.14. The van der Waals surface area contributed by atoms with Crippen LogP contribution in [0.4, 0.5) is 0 Å². The molecule has 0 amide bonds. The van der Waals surface area contributed by atoms with Gasteiger partial charge in [-0.05, 0) is 19.8 Å². The molecule has 0 aromatic carbocycles. The summed E-state index contributed by atoms with van der Waals surface area (Å²) in [5, 5.41) is 3.92. The maximum Gasteiger partial charge on any atom is 0.246 e. The fourth-order valence-electron chi connectivity index (χ4n) is 2.10. The van der Waals surface area contributed by atoms with Gasteiger partial charge in [-0.1, -0.05) is 24.4 Å². The lowest BCUT2D eigenvalue weighted by Crippen LogP contribution is -2.39. The van der Waals surface area contributed by atoms with Crippen molar-refractivity contribution < 1.29 is 9.26 Å². The quantitative estimate of drug-likeness (QED) is 0.850. The summed E-state index contributed by atoms with van der Waals surface area (Å²) in [7, 11) is 1.62. The van der Waals surface area contributed by atoms with Gasteiger partial charge < -0.3 is 15.0 Å². The van der Waals surface area contributed by atoms with Crippen molar-refractivity contribution in [3.8, 4) is 0 Å². The predicted molar refractivity (Wildman–Crippen MR) is 58.7 cm³/mol. The van der Waals surface area contributed by atoms with Gasteiger partial charge in [0.2, 0.25) is 5.89 Å². The van der Waals surface area contributed by atoms with E-state index >= 15 is 0 Å². The second-order valence-electron chi connectivity index (χ2n) is 4.55. The van der Waals surface area contributed by atoms with Crippen LogP contribution in [0, 0.1) is 0 Å². The highest BCUT2D eigenvalue weighted by molar-refractivity contribution is 5.04. The number of nitrogens with zero attached hydrogens (tertiary/aromatic N) is 2. The Morgan fingerprint density at radius 3 is 2.69 bits per heavy atom. The first-order valence-corrected chi connectivity index (χ1v) is 5.81. The molecule has 0 aliphatic heterocycles. The van der Waals surface area contributed by atoms with Crippen molar-refractivity contribution in [2.45, 2.75) is 50.7 Å². The third kappa shape index (κ3) is 2.10. The molecule has 1 atom stereocenters. The molecule has 1 fully saturated rings. The molecule has 0 radical (unpaired) electrons. The Kier molecular flexibility index (Phi) is 3.25. The zero-order chi connectivity index (χ0) is 11.6. The first-order chi connectivity index (χ1) is 7.65. The van der Waals surface area contributed by atoms with Crippen molar-refractivity contribution in [2.24, 2.45) is 5.73 Å². The molecule has 1 unspecified atom stereocenters. The molecule has 5 heteroatoms. The monoisotopic (exact) mass is 225 g/mol. The van der Waals surface area contributed by atoms with E-state index in [0.29, 0.717) is 11.7 Å². The van der Waals surface area contributed by atoms with Gasteiger partial charge in [-0.3, -0.25) is 0 Å². The van der Waals surface area contributed by atoms with Gasteiger partial charge in [-0.2, -0.15) is 4.98 Å². The summed E-state index contributed by atoms with van der Waals surface area (Å²) in [4.78, 5) is 4.35. The lowest BCUT2D eigenvalue weighted by molar-refractivity contribution is 0.109. The largest absolute Gasteiger partial charge is 0.374 e. The first kappa shape index (κ1) is 11.5. The van der Waals surface area contributed by atoms with Gasteiger partial charge in [0.1, 0.15) is 6.10 Å². The van der Waals surface area contributed by atoms with E-state index in [4.69, 9.17) is 15.0 Å². The van der Waals surface area contributed by atoms with E-state index in [1.54, 1.807) is 7.11 Å². The van der Waals surface area contributed by atoms with Gasteiger partial charge in [-0.25, -0.2) is 0 Å². The summed E-state index contributed by atoms with van der Waals surface area (Å²) in [6.07, 6.45) is 5.22. The van der Waals surface area contributed by atoms with Gasteiger partial charge >= 0.3 is 0 Å². The molecule has 0 saturated heterocycles. The van der Waals surface area contributed by atoms with Crippen LogP contribution in [0.15, 0.2) is 4.52 Å². The average molecular weight is 225 g/mol. The topological polar surface area (TPSA) is 74.2 Å². The molecule has 16 heavy (non-hydrogen) atoms. The Balaban J connectivity index is 2.17. The van der Waals surface area contributed by atoms with E-state index in [1.165, 1.54) is 6.42 Å². The minimum Gasteiger partial charge on any atom is -0.374 e. The number of rotatable bonds is 3. The average Bonchev–Trinajstić information content (AvgIpc) is 2.79. The highest BCUT2D eigenvalue weighted by Crippen LogP contribution is 2.34. The van der Waals surface area contributed by atoms with E-state index in [1.807, 2.05) is 6.92 Å². The third-order valence-corrected chi connectivity index (χ3v) is 3.33. The number of methoxy groups -OCH3 is 1. The zero-order valence-electron chi connectivity index (χ0n) is 9.90. The highest BCUT2D eigenvalue weighted by atomic mass is 16.5. The Morgan fingerprint density at radius 2 is 2.06 bits per heavy atom. The molecule has 1 heterocycles. The van der Waals surface area contributed by atoms with Crippen molar-refractivity contribution in [3.05, 3.63) is 11.7 Å². The molecular formula is C11H19N3O2. The van der Waals surface area contributed by atoms with Crippen LogP contribution >= 0.6 is 0 Å². The molecule has 0 bridgehead atoms. The second kappa shape index (κ2) is 4.51. The molecular weight excluding hydrogens is 206 g/mol. The van der Waals surface area contributed by atoms with Crippen LogP contribution < -0.4 is 5.73 Å². The number of nitrogens with two attached hydrogens (primary N) is 1. The normalized spacial score (nSPS) is 21.9. The van der Waals surface area contributed by atoms with E-state index in [9.17, 15) is 0 Å². The molecule has 0 spiro atoms. The summed E-state index contributed by atoms with van der Waals surface area (Å²) in [6, 6.07) is 0. The summed E-state index contributed by atoms with van der Waals surface area (Å²) in [6.45, 7) is 1.89. The van der Waals surface area contributed by atoms with Crippen molar-refractivity contribution >= 4 is 0 Å². The van der Waals surface area contributed by atoms with E-state index in [2.05, 4.69) is 10.1 Å². The number of ether oxygens (including phenoxy) is 1. The van der Waals surface area contributed by atoms with Gasteiger partial charge in [-0.15, -0.1) is 0 Å². The van der Waals surface area contributed by atoms with Crippen molar-refractivity contribution in [2.75, 3.05) is 7.11 Å². The fourth-order valence-corrected chi connectivity index (χ4v) is 2.10. The maximum atomic E-state index is 6.30. The first-order valence-electron chi connectivity index (χ1n) is 5.81. The number of hydrogen-bond acceptors (Lipinski definition) is 5. The van der Waals surface area contributed by atoms with Crippen LogP contribution in [0.2, 0.25) is 0 Å². The highest BCUT2D eigenvalue weighted by Gasteiger charge is 2.35. The Bertz CT molecular complexity index is 345. The van der Waals surface area contributed by atoms with E-state index in [-0.39, 0.29) is 6.10 Å². The molecule has 90 valence electrons. The van der Waals surface area contributed by atoms with Crippen molar-refractivity contribution in [3.63, 3.8) is 0 Å². The second-order valence-corrected chi connectivity index (χ2v) is 4.55. The van der Waals surface area contributed by atoms with Gasteiger partial charge in [0, 0.05) is 7.11 Å². The van der Waals surface area contributed by atoms with Gasteiger partial charge in [0.25, 0.3) is 0 Å². The van der Waals surface area contributed by atoms with Gasteiger partial charge in [0.15, 0.2) is 5.82 Å². The third-order valence-electron chi connectivity index (χ3n) is 3.33. The lowest BCUT2D eigenvalue weighted by atomic mass is 9.82. The van der Waals surface area contributed by atoms with Crippen LogP contribution in [0.3, 0.4) is 0 Å².